The van der Waals surface area contributed by atoms with Crippen LogP contribution in [0.5, 0.6) is 0 Å². The van der Waals surface area contributed by atoms with Crippen LogP contribution in [0.2, 0.25) is 0 Å². The van der Waals surface area contributed by atoms with E-state index in [1.807, 2.05) is 12.1 Å². The van der Waals surface area contributed by atoms with E-state index in [4.69, 9.17) is 0 Å². The van der Waals surface area contributed by atoms with Crippen molar-refractivity contribution in [2.45, 2.75) is 50.2 Å². The second kappa shape index (κ2) is 7.67. The van der Waals surface area contributed by atoms with Gasteiger partial charge in [0.2, 0.25) is 0 Å². The number of nitrogens with zero attached hydrogens (tertiary/aromatic N) is 1. The van der Waals surface area contributed by atoms with E-state index in [1.165, 1.54) is 24.9 Å². The highest BCUT2D eigenvalue weighted by molar-refractivity contribution is 5.24. The second-order valence-corrected chi connectivity index (χ2v) is 7.61. The van der Waals surface area contributed by atoms with Gasteiger partial charge in [0.05, 0.1) is 0 Å². The fraction of sp³-hybridized carbons (Fsp3) is 0.455. The van der Waals surface area contributed by atoms with Gasteiger partial charge in [-0.3, -0.25) is 4.90 Å². The Bertz CT molecular complexity index is 681. The molecule has 1 N–H and O–H groups in total. The molecule has 1 atom stereocenters. The molecule has 2 fully saturated rings. The molecular weight excluding hydrogens is 311 g/mol. The molecule has 1 unspecified atom stereocenters. The number of benzene rings is 2. The van der Waals surface area contributed by atoms with Crippen LogP contribution in [-0.2, 0) is 6.54 Å². The summed E-state index contributed by atoms with van der Waals surface area (Å²) in [5.41, 5.74) is 2.29. The van der Waals surface area contributed by atoms with Gasteiger partial charge in [-0.05, 0) is 55.3 Å². The molecule has 0 aromatic heterocycles. The zero-order valence-corrected chi connectivity index (χ0v) is 14.7. The first-order valence-corrected chi connectivity index (χ1v) is 9.54. The molecule has 2 nitrogen and oxygen atoms in total. The summed E-state index contributed by atoms with van der Waals surface area (Å²) < 4.78 is 13.9. The molecule has 1 aliphatic carbocycles. The van der Waals surface area contributed by atoms with Crippen LogP contribution in [0, 0.1) is 5.82 Å². The highest BCUT2D eigenvalue weighted by Crippen LogP contribution is 2.38. The summed E-state index contributed by atoms with van der Waals surface area (Å²) in [4.78, 5) is 2.56. The minimum absolute atomic E-state index is 0.0438. The highest BCUT2D eigenvalue weighted by atomic mass is 19.1. The summed E-state index contributed by atoms with van der Waals surface area (Å²) in [7, 11) is 0. The number of likely N-dealkylation sites (tertiary alicyclic amines) is 1. The number of piperidine rings is 1. The third kappa shape index (κ3) is 4.10. The number of nitrogens with one attached hydrogen (secondary N) is 1. The fourth-order valence-corrected chi connectivity index (χ4v) is 4.32. The van der Waals surface area contributed by atoms with Crippen molar-refractivity contribution in [3.8, 4) is 0 Å². The van der Waals surface area contributed by atoms with Crippen molar-refractivity contribution in [3.05, 3.63) is 71.5 Å². The molecule has 1 heterocycles. The molecule has 2 aromatic rings. The molecule has 4 rings (SSSR count). The summed E-state index contributed by atoms with van der Waals surface area (Å²) in [6.45, 7) is 3.35. The van der Waals surface area contributed by atoms with Crippen LogP contribution in [0.4, 0.5) is 4.39 Å². The van der Waals surface area contributed by atoms with E-state index in [-0.39, 0.29) is 5.82 Å². The average Bonchev–Trinajstić information content (AvgIpc) is 2.60. The Balaban J connectivity index is 1.26. The van der Waals surface area contributed by atoms with E-state index < -0.39 is 0 Å². The molecule has 0 amide bonds. The maximum Gasteiger partial charge on any atom is 0.126 e. The van der Waals surface area contributed by atoms with E-state index >= 15 is 0 Å². The van der Waals surface area contributed by atoms with Gasteiger partial charge in [-0.2, -0.15) is 0 Å². The van der Waals surface area contributed by atoms with Crippen LogP contribution in [-0.4, -0.2) is 30.1 Å². The largest absolute Gasteiger partial charge is 0.310 e. The lowest BCUT2D eigenvalue weighted by atomic mass is 9.75. The Morgan fingerprint density at radius 3 is 2.52 bits per heavy atom. The van der Waals surface area contributed by atoms with Gasteiger partial charge in [0.15, 0.2) is 0 Å². The Hall–Kier alpha value is -1.71. The topological polar surface area (TPSA) is 15.3 Å². The molecule has 2 aliphatic rings. The Labute approximate surface area is 150 Å². The van der Waals surface area contributed by atoms with Crippen molar-refractivity contribution in [3.63, 3.8) is 0 Å². The highest BCUT2D eigenvalue weighted by Gasteiger charge is 2.33. The molecule has 0 radical (unpaired) electrons. The van der Waals surface area contributed by atoms with E-state index in [1.54, 1.807) is 12.1 Å². The lowest BCUT2D eigenvalue weighted by molar-refractivity contribution is 0.156. The first-order valence-electron chi connectivity index (χ1n) is 9.54. The zero-order chi connectivity index (χ0) is 17.1. The molecule has 1 aliphatic heterocycles. The number of hydrogen-bond acceptors (Lipinski definition) is 2. The third-order valence-corrected chi connectivity index (χ3v) is 5.71. The Kier molecular flexibility index (Phi) is 5.14. The van der Waals surface area contributed by atoms with Gasteiger partial charge in [0.25, 0.3) is 0 Å². The molecule has 25 heavy (non-hydrogen) atoms. The van der Waals surface area contributed by atoms with Crippen LogP contribution in [0.15, 0.2) is 54.6 Å². The number of halogens is 1. The predicted octanol–water partition coefficient (Wildman–Crippen LogP) is 4.33. The quantitative estimate of drug-likeness (QED) is 0.873. The van der Waals surface area contributed by atoms with Crippen molar-refractivity contribution >= 4 is 0 Å². The molecule has 0 bridgehead atoms. The lowest BCUT2D eigenvalue weighted by Gasteiger charge is -2.41. The Morgan fingerprint density at radius 1 is 0.960 bits per heavy atom. The van der Waals surface area contributed by atoms with Gasteiger partial charge in [0, 0.05) is 25.2 Å². The summed E-state index contributed by atoms with van der Waals surface area (Å²) in [5.74, 6) is 0.348. The van der Waals surface area contributed by atoms with Crippen molar-refractivity contribution in [2.24, 2.45) is 0 Å². The van der Waals surface area contributed by atoms with E-state index in [9.17, 15) is 4.39 Å². The van der Waals surface area contributed by atoms with E-state index in [2.05, 4.69) is 40.5 Å². The fourth-order valence-electron chi connectivity index (χ4n) is 4.32. The molecule has 1 saturated heterocycles. The maximum atomic E-state index is 13.9. The van der Waals surface area contributed by atoms with Gasteiger partial charge in [-0.25, -0.2) is 4.39 Å². The summed E-state index contributed by atoms with van der Waals surface area (Å²) in [6, 6.07) is 19.1. The van der Waals surface area contributed by atoms with Crippen LogP contribution < -0.4 is 5.32 Å². The molecule has 3 heteroatoms. The molecule has 2 aromatic carbocycles. The normalized spacial score (nSPS) is 27.0. The van der Waals surface area contributed by atoms with Crippen molar-refractivity contribution in [2.75, 3.05) is 13.1 Å². The Morgan fingerprint density at radius 2 is 1.72 bits per heavy atom. The predicted molar refractivity (Wildman–Crippen MR) is 100 cm³/mol. The number of rotatable bonds is 5. The average molecular weight is 338 g/mol. The van der Waals surface area contributed by atoms with Gasteiger partial charge in [-0.1, -0.05) is 48.5 Å². The van der Waals surface area contributed by atoms with Crippen molar-refractivity contribution < 1.29 is 4.39 Å². The van der Waals surface area contributed by atoms with Crippen LogP contribution in [0.1, 0.15) is 42.7 Å². The zero-order valence-electron chi connectivity index (χ0n) is 14.7. The second-order valence-electron chi connectivity index (χ2n) is 7.61. The lowest BCUT2D eigenvalue weighted by Crippen LogP contribution is -2.52. The van der Waals surface area contributed by atoms with E-state index in [0.717, 1.165) is 31.5 Å². The summed E-state index contributed by atoms with van der Waals surface area (Å²) in [5, 5.41) is 3.83. The minimum atomic E-state index is -0.0438. The molecule has 132 valence electrons. The SMILES string of the molecule is Fc1ccccc1C1CC(NC2CCCN(Cc3ccccc3)C2)C1. The third-order valence-electron chi connectivity index (χ3n) is 5.71. The van der Waals surface area contributed by atoms with Gasteiger partial charge in [0.1, 0.15) is 5.82 Å². The molecule has 1 saturated carbocycles. The first kappa shape index (κ1) is 16.7. The smallest absolute Gasteiger partial charge is 0.126 e. The molecule has 0 spiro atoms. The maximum absolute atomic E-state index is 13.9. The minimum Gasteiger partial charge on any atom is -0.310 e. The van der Waals surface area contributed by atoms with Crippen LogP contribution >= 0.6 is 0 Å². The van der Waals surface area contributed by atoms with Crippen LogP contribution in [0.3, 0.4) is 0 Å². The van der Waals surface area contributed by atoms with Crippen molar-refractivity contribution in [1.82, 2.24) is 10.2 Å². The van der Waals surface area contributed by atoms with E-state index in [0.29, 0.717) is 18.0 Å². The van der Waals surface area contributed by atoms with Gasteiger partial charge >= 0.3 is 0 Å². The monoisotopic (exact) mass is 338 g/mol. The summed E-state index contributed by atoms with van der Waals surface area (Å²) >= 11 is 0. The van der Waals surface area contributed by atoms with Crippen molar-refractivity contribution in [1.29, 1.82) is 0 Å². The molecular formula is C22H27FN2. The van der Waals surface area contributed by atoms with Crippen LogP contribution in [0.25, 0.3) is 0 Å². The van der Waals surface area contributed by atoms with Gasteiger partial charge < -0.3 is 5.32 Å². The summed E-state index contributed by atoms with van der Waals surface area (Å²) in [6.07, 6.45) is 4.65. The number of hydrogen-bond donors (Lipinski definition) is 1. The standard InChI is InChI=1S/C22H27FN2/c23-22-11-5-4-10-21(22)18-13-20(14-18)24-19-9-6-12-25(16-19)15-17-7-2-1-3-8-17/h1-5,7-8,10-11,18-20,24H,6,9,12-16H2. The van der Waals surface area contributed by atoms with Gasteiger partial charge in [-0.15, -0.1) is 0 Å². The first-order chi connectivity index (χ1) is 12.3.